The topological polar surface area (TPSA) is 81.8 Å². The van der Waals surface area contributed by atoms with E-state index in [9.17, 15) is 9.59 Å². The number of aromatic nitrogens is 4. The summed E-state index contributed by atoms with van der Waals surface area (Å²) < 4.78 is 2.76. The van der Waals surface area contributed by atoms with Crippen LogP contribution in [0.5, 0.6) is 0 Å². The number of carbonyl (C=O) groups excluding carboxylic acids is 1. The molecule has 118 valence electrons. The van der Waals surface area contributed by atoms with Crippen LogP contribution >= 0.6 is 0 Å². The summed E-state index contributed by atoms with van der Waals surface area (Å²) >= 11 is 0. The second-order valence-electron chi connectivity index (χ2n) is 6.19. The Labute approximate surface area is 132 Å². The van der Waals surface area contributed by atoms with Crippen molar-refractivity contribution in [3.8, 4) is 0 Å². The molecule has 0 saturated carbocycles. The minimum atomic E-state index is -0.378. The van der Waals surface area contributed by atoms with Crippen LogP contribution in [0.2, 0.25) is 0 Å². The summed E-state index contributed by atoms with van der Waals surface area (Å²) in [5.74, 6) is -0.378. The van der Waals surface area contributed by atoms with E-state index in [1.165, 1.54) is 12.5 Å². The van der Waals surface area contributed by atoms with Crippen molar-refractivity contribution in [2.45, 2.75) is 26.3 Å². The number of fused-ring (bicyclic) bond motifs is 1. The molecule has 2 heterocycles. The number of amides is 1. The van der Waals surface area contributed by atoms with Gasteiger partial charge in [-0.2, -0.15) is 5.10 Å². The first-order valence-corrected chi connectivity index (χ1v) is 7.20. The van der Waals surface area contributed by atoms with Crippen LogP contribution in [-0.4, -0.2) is 25.3 Å². The molecule has 2 aromatic heterocycles. The summed E-state index contributed by atoms with van der Waals surface area (Å²) in [5, 5.41) is 4.59. The van der Waals surface area contributed by atoms with Crippen LogP contribution in [-0.2, 0) is 5.54 Å². The van der Waals surface area contributed by atoms with Crippen molar-refractivity contribution in [3.63, 3.8) is 0 Å². The normalized spacial score (nSPS) is 11.6. The van der Waals surface area contributed by atoms with E-state index < -0.39 is 0 Å². The Morgan fingerprint density at radius 1 is 1.17 bits per heavy atom. The van der Waals surface area contributed by atoms with Crippen LogP contribution in [0, 0.1) is 0 Å². The van der Waals surface area contributed by atoms with Gasteiger partial charge < -0.3 is 0 Å². The van der Waals surface area contributed by atoms with Crippen LogP contribution in [0.4, 0.5) is 0 Å². The molecule has 0 aliphatic carbocycles. The van der Waals surface area contributed by atoms with Crippen molar-refractivity contribution in [2.24, 2.45) is 0 Å². The molecular formula is C16H17N5O2. The van der Waals surface area contributed by atoms with Crippen LogP contribution in [0.3, 0.4) is 0 Å². The van der Waals surface area contributed by atoms with Crippen LogP contribution < -0.4 is 11.0 Å². The summed E-state index contributed by atoms with van der Waals surface area (Å²) in [6.45, 7) is 5.93. The fourth-order valence-electron chi connectivity index (χ4n) is 2.25. The maximum atomic E-state index is 12.5. The van der Waals surface area contributed by atoms with Crippen LogP contribution in [0.1, 0.15) is 31.1 Å². The van der Waals surface area contributed by atoms with E-state index in [1.807, 2.05) is 26.8 Å². The monoisotopic (exact) mass is 311 g/mol. The van der Waals surface area contributed by atoms with Crippen molar-refractivity contribution < 1.29 is 4.79 Å². The van der Waals surface area contributed by atoms with E-state index in [0.717, 1.165) is 4.68 Å². The maximum absolute atomic E-state index is 12.5. The molecule has 3 aromatic rings. The number of benzene rings is 1. The van der Waals surface area contributed by atoms with Gasteiger partial charge in [-0.3, -0.25) is 15.0 Å². The van der Waals surface area contributed by atoms with Crippen molar-refractivity contribution in [2.75, 3.05) is 5.43 Å². The average molecular weight is 311 g/mol. The minimum Gasteiger partial charge on any atom is -0.267 e. The number of hydrogen-bond acceptors (Lipinski definition) is 4. The maximum Gasteiger partial charge on any atom is 0.283 e. The molecule has 0 atom stereocenters. The molecule has 7 nitrogen and oxygen atoms in total. The minimum absolute atomic E-state index is 0.291. The molecule has 0 spiro atoms. The summed E-state index contributed by atoms with van der Waals surface area (Å²) in [6.07, 6.45) is 2.77. The third kappa shape index (κ3) is 2.73. The summed E-state index contributed by atoms with van der Waals surface area (Å²) in [7, 11) is 0. The van der Waals surface area contributed by atoms with Crippen molar-refractivity contribution >= 4 is 16.9 Å². The van der Waals surface area contributed by atoms with Gasteiger partial charge in [0.2, 0.25) is 0 Å². The van der Waals surface area contributed by atoms with E-state index in [1.54, 1.807) is 28.9 Å². The molecule has 1 aromatic carbocycles. The second-order valence-corrected chi connectivity index (χ2v) is 6.19. The van der Waals surface area contributed by atoms with Gasteiger partial charge in [0, 0.05) is 5.56 Å². The van der Waals surface area contributed by atoms with Crippen LogP contribution in [0.25, 0.3) is 11.0 Å². The number of nitrogens with zero attached hydrogens (tertiary/aromatic N) is 4. The molecule has 0 bridgehead atoms. The molecule has 0 saturated heterocycles. The molecular weight excluding hydrogens is 294 g/mol. The first kappa shape index (κ1) is 15.0. The first-order valence-electron chi connectivity index (χ1n) is 7.20. The van der Waals surface area contributed by atoms with E-state index in [-0.39, 0.29) is 17.0 Å². The molecule has 7 heteroatoms. The number of hydrogen-bond donors (Lipinski definition) is 1. The van der Waals surface area contributed by atoms with Gasteiger partial charge >= 0.3 is 0 Å². The number of rotatable bonds is 2. The molecule has 1 amide bonds. The number of nitrogens with one attached hydrogen (secondary N) is 1. The van der Waals surface area contributed by atoms with E-state index in [0.29, 0.717) is 16.6 Å². The lowest BCUT2D eigenvalue weighted by atomic mass is 10.1. The zero-order valence-electron chi connectivity index (χ0n) is 13.1. The Bertz CT molecular complexity index is 919. The van der Waals surface area contributed by atoms with Crippen molar-refractivity contribution in [3.05, 3.63) is 58.8 Å². The van der Waals surface area contributed by atoms with Gasteiger partial charge in [0.25, 0.3) is 11.5 Å². The molecule has 0 radical (unpaired) electrons. The molecule has 3 rings (SSSR count). The van der Waals surface area contributed by atoms with Gasteiger partial charge in [-0.05, 0) is 32.9 Å². The predicted octanol–water partition coefficient (Wildman–Crippen LogP) is 1.73. The fraction of sp³-hybridized carbons (Fsp3) is 0.250. The van der Waals surface area contributed by atoms with Crippen molar-refractivity contribution in [1.82, 2.24) is 19.4 Å². The quantitative estimate of drug-likeness (QED) is 0.781. The molecule has 0 aliphatic rings. The Morgan fingerprint density at radius 2 is 1.87 bits per heavy atom. The summed E-state index contributed by atoms with van der Waals surface area (Å²) in [4.78, 5) is 28.9. The molecule has 23 heavy (non-hydrogen) atoms. The molecule has 0 aliphatic heterocycles. The van der Waals surface area contributed by atoms with Gasteiger partial charge in [-0.15, -0.1) is 0 Å². The zero-order chi connectivity index (χ0) is 16.6. The third-order valence-corrected chi connectivity index (χ3v) is 3.38. The predicted molar refractivity (Wildman–Crippen MR) is 86.9 cm³/mol. The molecule has 1 N–H and O–H groups in total. The van der Waals surface area contributed by atoms with Crippen molar-refractivity contribution in [1.29, 1.82) is 0 Å². The summed E-state index contributed by atoms with van der Waals surface area (Å²) in [5.41, 5.74) is 2.83. The standard InChI is InChI=1S/C16H17N5O2/c1-16(2,3)21-13-12(9-18-21)15(23)20(10-17-13)19-14(22)11-7-5-4-6-8-11/h4-10H,1-3H3,(H,19,22). The Morgan fingerprint density at radius 3 is 2.52 bits per heavy atom. The number of carbonyl (C=O) groups is 1. The largest absolute Gasteiger partial charge is 0.283 e. The second kappa shape index (κ2) is 5.35. The van der Waals surface area contributed by atoms with Crippen LogP contribution in [0.15, 0.2) is 47.7 Å². The SMILES string of the molecule is CC(C)(C)n1ncc2c(=O)n(NC(=O)c3ccccc3)cnc21. The molecule has 0 fully saturated rings. The van der Waals surface area contributed by atoms with Gasteiger partial charge in [0.15, 0.2) is 5.65 Å². The third-order valence-electron chi connectivity index (χ3n) is 3.38. The lowest BCUT2D eigenvalue weighted by Crippen LogP contribution is -2.33. The van der Waals surface area contributed by atoms with Gasteiger partial charge in [-0.1, -0.05) is 18.2 Å². The highest BCUT2D eigenvalue weighted by atomic mass is 16.2. The van der Waals surface area contributed by atoms with E-state index in [2.05, 4.69) is 15.5 Å². The first-order chi connectivity index (χ1) is 10.9. The Hall–Kier alpha value is -2.96. The highest BCUT2D eigenvalue weighted by molar-refractivity contribution is 5.99. The summed E-state index contributed by atoms with van der Waals surface area (Å²) in [6, 6.07) is 8.67. The fourth-order valence-corrected chi connectivity index (χ4v) is 2.25. The highest BCUT2D eigenvalue weighted by Gasteiger charge is 2.20. The highest BCUT2D eigenvalue weighted by Crippen LogP contribution is 2.17. The van der Waals surface area contributed by atoms with Gasteiger partial charge in [-0.25, -0.2) is 14.3 Å². The lowest BCUT2D eigenvalue weighted by molar-refractivity contribution is 0.101. The average Bonchev–Trinajstić information content (AvgIpc) is 2.96. The zero-order valence-corrected chi connectivity index (χ0v) is 13.1. The van der Waals surface area contributed by atoms with Gasteiger partial charge in [0.05, 0.1) is 11.7 Å². The molecule has 0 unspecified atom stereocenters. The lowest BCUT2D eigenvalue weighted by Gasteiger charge is -2.19. The van der Waals surface area contributed by atoms with E-state index >= 15 is 0 Å². The smallest absolute Gasteiger partial charge is 0.267 e. The Balaban J connectivity index is 1.99. The Kier molecular flexibility index (Phi) is 3.48. The van der Waals surface area contributed by atoms with E-state index in [4.69, 9.17) is 0 Å². The van der Waals surface area contributed by atoms with Gasteiger partial charge in [0.1, 0.15) is 11.7 Å².